The van der Waals surface area contributed by atoms with Crippen LogP contribution in [0.3, 0.4) is 0 Å². The summed E-state index contributed by atoms with van der Waals surface area (Å²) in [4.78, 5) is 20.9. The highest BCUT2D eigenvalue weighted by atomic mass is 16.5. The van der Waals surface area contributed by atoms with Gasteiger partial charge in [-0.2, -0.15) is 0 Å². The lowest BCUT2D eigenvalue weighted by atomic mass is 10.5. The Morgan fingerprint density at radius 2 is 1.82 bits per heavy atom. The van der Waals surface area contributed by atoms with Gasteiger partial charge in [-0.15, -0.1) is 0 Å². The molecule has 0 saturated carbocycles. The second kappa shape index (κ2) is 5.22. The van der Waals surface area contributed by atoms with E-state index >= 15 is 0 Å². The fourth-order valence-corrected chi connectivity index (χ4v) is 0.326. The Hall–Kier alpha value is -1.58. The molecule has 4 heteroatoms. The number of methoxy groups -OCH3 is 1. The molecule has 0 aliphatic rings. The first-order valence-electron chi connectivity index (χ1n) is 2.78. The van der Waals surface area contributed by atoms with Gasteiger partial charge in [-0.25, -0.2) is 9.59 Å². The third-order valence-corrected chi connectivity index (χ3v) is 0.756. The minimum Gasteiger partial charge on any atom is -0.466 e. The molecule has 0 fully saturated rings. The number of hydrogen-bond acceptors (Lipinski definition) is 4. The van der Waals surface area contributed by atoms with Gasteiger partial charge in [0.05, 0.1) is 13.4 Å². The predicted octanol–water partition coefficient (Wildman–Crippen LogP) is 0.402. The van der Waals surface area contributed by atoms with Crippen LogP contribution in [0.25, 0.3) is 0 Å². The first-order chi connectivity index (χ1) is 5.20. The third kappa shape index (κ3) is 4.90. The van der Waals surface area contributed by atoms with Gasteiger partial charge < -0.3 is 9.47 Å². The van der Waals surface area contributed by atoms with Crippen molar-refractivity contribution in [2.24, 2.45) is 0 Å². The van der Waals surface area contributed by atoms with Crippen molar-refractivity contribution >= 4 is 11.9 Å². The molecule has 11 heavy (non-hydrogen) atoms. The Morgan fingerprint density at radius 3 is 2.27 bits per heavy atom. The van der Waals surface area contributed by atoms with Gasteiger partial charge in [0, 0.05) is 12.2 Å². The van der Waals surface area contributed by atoms with Crippen LogP contribution >= 0.6 is 0 Å². The average molecular weight is 156 g/mol. The molecule has 0 heterocycles. The summed E-state index contributed by atoms with van der Waals surface area (Å²) in [5.74, 6) is -1.27. The lowest BCUT2D eigenvalue weighted by molar-refractivity contribution is -0.136. The van der Waals surface area contributed by atoms with Gasteiger partial charge in [-0.1, -0.05) is 6.58 Å². The van der Waals surface area contributed by atoms with E-state index in [1.165, 1.54) is 7.11 Å². The van der Waals surface area contributed by atoms with Crippen LogP contribution in [0.5, 0.6) is 0 Å². The molecular weight excluding hydrogens is 148 g/mol. The lowest BCUT2D eigenvalue weighted by Gasteiger charge is -1.90. The van der Waals surface area contributed by atoms with E-state index < -0.39 is 11.9 Å². The van der Waals surface area contributed by atoms with Crippen molar-refractivity contribution in [1.82, 2.24) is 0 Å². The Labute approximate surface area is 64.1 Å². The Kier molecular flexibility index (Phi) is 4.47. The summed E-state index contributed by atoms with van der Waals surface area (Å²) in [5.41, 5.74) is 0. The molecule has 0 aromatic heterocycles. The van der Waals surface area contributed by atoms with E-state index in [0.29, 0.717) is 0 Å². The van der Waals surface area contributed by atoms with E-state index in [-0.39, 0.29) is 0 Å². The number of carbonyl (C=O) groups is 2. The zero-order chi connectivity index (χ0) is 8.69. The van der Waals surface area contributed by atoms with Crippen LogP contribution in [0.4, 0.5) is 0 Å². The molecule has 0 saturated heterocycles. The second-order valence-corrected chi connectivity index (χ2v) is 1.46. The predicted molar refractivity (Wildman–Crippen MR) is 37.4 cm³/mol. The van der Waals surface area contributed by atoms with Gasteiger partial charge in [0.2, 0.25) is 0 Å². The fraction of sp³-hybridized carbons (Fsp3) is 0.143. The molecule has 0 aromatic rings. The molecule has 0 radical (unpaired) electrons. The van der Waals surface area contributed by atoms with E-state index in [1.54, 1.807) is 0 Å². The number of rotatable bonds is 3. The summed E-state index contributed by atoms with van der Waals surface area (Å²) in [6, 6.07) is 0. The molecule has 0 aromatic carbocycles. The number of carbonyl (C=O) groups excluding carboxylic acids is 2. The van der Waals surface area contributed by atoms with Gasteiger partial charge >= 0.3 is 11.9 Å². The normalized spacial score (nSPS) is 9.18. The first kappa shape index (κ1) is 9.42. The Bertz CT molecular complexity index is 193. The smallest absolute Gasteiger partial charge is 0.335 e. The molecule has 0 spiro atoms. The van der Waals surface area contributed by atoms with Crippen LogP contribution < -0.4 is 0 Å². The number of hydrogen-bond donors (Lipinski definition) is 0. The first-order valence-corrected chi connectivity index (χ1v) is 2.78. The van der Waals surface area contributed by atoms with Crippen molar-refractivity contribution in [1.29, 1.82) is 0 Å². The third-order valence-electron chi connectivity index (χ3n) is 0.756. The van der Waals surface area contributed by atoms with Gasteiger partial charge in [-0.3, -0.25) is 0 Å². The molecule has 0 aliphatic carbocycles. The second-order valence-electron chi connectivity index (χ2n) is 1.46. The summed E-state index contributed by atoms with van der Waals surface area (Å²) in [7, 11) is 1.21. The van der Waals surface area contributed by atoms with Crippen molar-refractivity contribution < 1.29 is 19.1 Å². The summed E-state index contributed by atoms with van der Waals surface area (Å²) in [5, 5.41) is 0. The zero-order valence-corrected chi connectivity index (χ0v) is 6.07. The van der Waals surface area contributed by atoms with Crippen LogP contribution in [-0.2, 0) is 19.1 Å². The van der Waals surface area contributed by atoms with E-state index in [1.807, 2.05) is 0 Å². The molecule has 0 aliphatic heterocycles. The van der Waals surface area contributed by atoms with E-state index in [4.69, 9.17) is 0 Å². The monoisotopic (exact) mass is 156 g/mol. The van der Waals surface area contributed by atoms with Crippen molar-refractivity contribution in [2.75, 3.05) is 7.11 Å². The molecule has 0 amide bonds. The molecule has 0 N–H and O–H groups in total. The highest BCUT2D eigenvalue weighted by molar-refractivity contribution is 5.91. The largest absolute Gasteiger partial charge is 0.466 e. The zero-order valence-electron chi connectivity index (χ0n) is 6.07. The van der Waals surface area contributed by atoms with Crippen molar-refractivity contribution in [3.63, 3.8) is 0 Å². The maximum absolute atomic E-state index is 10.5. The van der Waals surface area contributed by atoms with Crippen molar-refractivity contribution in [3.05, 3.63) is 25.0 Å². The van der Waals surface area contributed by atoms with Gasteiger partial charge in [0.25, 0.3) is 0 Å². The lowest BCUT2D eigenvalue weighted by Crippen LogP contribution is -1.98. The molecular formula is C7H8O4. The van der Waals surface area contributed by atoms with Gasteiger partial charge in [0.15, 0.2) is 0 Å². The highest BCUT2D eigenvalue weighted by Gasteiger charge is 1.95. The Morgan fingerprint density at radius 1 is 1.27 bits per heavy atom. The molecule has 0 atom stereocenters. The average Bonchev–Trinajstić information content (AvgIpc) is 2.01. The van der Waals surface area contributed by atoms with E-state index in [2.05, 4.69) is 16.1 Å². The molecule has 60 valence electrons. The minimum absolute atomic E-state index is 0.606. The topological polar surface area (TPSA) is 52.6 Å². The van der Waals surface area contributed by atoms with Crippen LogP contribution in [0, 0.1) is 0 Å². The fourth-order valence-electron chi connectivity index (χ4n) is 0.326. The van der Waals surface area contributed by atoms with Crippen molar-refractivity contribution in [3.8, 4) is 0 Å². The quantitative estimate of drug-likeness (QED) is 0.337. The maximum atomic E-state index is 10.5. The summed E-state index contributed by atoms with van der Waals surface area (Å²) >= 11 is 0. The van der Waals surface area contributed by atoms with Gasteiger partial charge in [0.1, 0.15) is 0 Å². The summed E-state index contributed by atoms with van der Waals surface area (Å²) in [6.45, 7) is 3.15. The summed E-state index contributed by atoms with van der Waals surface area (Å²) in [6.07, 6.45) is 2.89. The standard InChI is InChI=1S/C7H8O4/c1-3-11-7(9)5-4-6(8)10-2/h3-5H,1H2,2H3/b5-4-. The van der Waals surface area contributed by atoms with Gasteiger partial charge in [-0.05, 0) is 0 Å². The van der Waals surface area contributed by atoms with Crippen LogP contribution in [0.1, 0.15) is 0 Å². The highest BCUT2D eigenvalue weighted by Crippen LogP contribution is 1.83. The van der Waals surface area contributed by atoms with Crippen LogP contribution in [-0.4, -0.2) is 19.0 Å². The Balaban J connectivity index is 3.82. The number of ether oxygens (including phenoxy) is 2. The van der Waals surface area contributed by atoms with Crippen LogP contribution in [0.2, 0.25) is 0 Å². The number of esters is 2. The summed E-state index contributed by atoms with van der Waals surface area (Å²) < 4.78 is 8.49. The minimum atomic E-state index is -0.662. The maximum Gasteiger partial charge on any atom is 0.335 e. The molecule has 0 unspecified atom stereocenters. The molecule has 0 rings (SSSR count). The van der Waals surface area contributed by atoms with E-state index in [9.17, 15) is 9.59 Å². The molecule has 0 bridgehead atoms. The SMILES string of the molecule is C=COC(=O)/C=C\C(=O)OC. The van der Waals surface area contributed by atoms with Crippen LogP contribution in [0.15, 0.2) is 25.0 Å². The molecule has 4 nitrogen and oxygen atoms in total. The van der Waals surface area contributed by atoms with E-state index in [0.717, 1.165) is 18.4 Å². The van der Waals surface area contributed by atoms with Crippen molar-refractivity contribution in [2.45, 2.75) is 0 Å².